The molecule has 0 aliphatic carbocycles. The molecule has 0 saturated carbocycles. The summed E-state index contributed by atoms with van der Waals surface area (Å²) >= 11 is 3.29. The zero-order valence-corrected chi connectivity index (χ0v) is 12.2. The zero-order chi connectivity index (χ0) is 14.0. The number of aryl methyl sites for hydroxylation is 1. The lowest BCUT2D eigenvalue weighted by Crippen LogP contribution is -2.26. The summed E-state index contributed by atoms with van der Waals surface area (Å²) in [7, 11) is 0. The first-order valence-electron chi connectivity index (χ1n) is 5.75. The molecule has 0 radical (unpaired) electrons. The molecular weight excluding hydrogens is 310 g/mol. The van der Waals surface area contributed by atoms with Crippen LogP contribution in [0.4, 0.5) is 5.69 Å². The molecule has 1 atom stereocenters. The van der Waals surface area contributed by atoms with Gasteiger partial charge in [0.1, 0.15) is 11.8 Å². The van der Waals surface area contributed by atoms with Crippen LogP contribution in [0.5, 0.6) is 0 Å². The number of anilines is 1. The second-order valence-electron chi connectivity index (χ2n) is 4.24. The van der Waals surface area contributed by atoms with Crippen LogP contribution in [0.2, 0.25) is 0 Å². The largest absolute Gasteiger partial charge is 0.444 e. The third-order valence-electron chi connectivity index (χ3n) is 2.62. The minimum Gasteiger partial charge on any atom is -0.444 e. The summed E-state index contributed by atoms with van der Waals surface area (Å²) in [6.45, 7) is 3.62. The fraction of sp³-hybridized carbons (Fsp3) is 0.231. The highest BCUT2D eigenvalue weighted by Crippen LogP contribution is 2.21. The molecule has 0 fully saturated rings. The van der Waals surface area contributed by atoms with Crippen LogP contribution in [-0.4, -0.2) is 10.9 Å². The number of hydrogen-bond acceptors (Lipinski definition) is 4. The van der Waals surface area contributed by atoms with E-state index in [1.807, 2.05) is 13.8 Å². The van der Waals surface area contributed by atoms with Crippen LogP contribution in [0, 0.1) is 6.92 Å². The molecule has 3 N–H and O–H groups in total. The van der Waals surface area contributed by atoms with Gasteiger partial charge in [-0.3, -0.25) is 4.79 Å². The number of nitrogen functional groups attached to an aromatic ring is 1. The van der Waals surface area contributed by atoms with Gasteiger partial charge in [0.2, 0.25) is 5.89 Å². The molecule has 1 amide bonds. The number of carbonyl (C=O) groups is 1. The predicted octanol–water partition coefficient (Wildman–Crippen LogP) is 2.82. The van der Waals surface area contributed by atoms with Gasteiger partial charge in [-0.15, -0.1) is 0 Å². The van der Waals surface area contributed by atoms with Crippen LogP contribution in [-0.2, 0) is 0 Å². The van der Waals surface area contributed by atoms with Crippen molar-refractivity contribution in [1.82, 2.24) is 10.3 Å². The lowest BCUT2D eigenvalue weighted by Gasteiger charge is -2.11. The summed E-state index contributed by atoms with van der Waals surface area (Å²) in [5.41, 5.74) is 6.80. The number of benzene rings is 1. The Morgan fingerprint density at radius 1 is 1.53 bits per heavy atom. The maximum atomic E-state index is 12.1. The summed E-state index contributed by atoms with van der Waals surface area (Å²) in [6.07, 6.45) is 1.62. The van der Waals surface area contributed by atoms with Gasteiger partial charge in [0.25, 0.3) is 5.91 Å². The van der Waals surface area contributed by atoms with Crippen molar-refractivity contribution in [3.8, 4) is 0 Å². The zero-order valence-electron chi connectivity index (χ0n) is 10.6. The average Bonchev–Trinajstić information content (AvgIpc) is 2.79. The first-order chi connectivity index (χ1) is 8.97. The molecule has 0 spiro atoms. The van der Waals surface area contributed by atoms with Crippen molar-refractivity contribution < 1.29 is 9.21 Å². The highest BCUT2D eigenvalue weighted by Gasteiger charge is 2.15. The molecule has 1 heterocycles. The van der Waals surface area contributed by atoms with E-state index in [4.69, 9.17) is 10.2 Å². The Morgan fingerprint density at radius 2 is 2.26 bits per heavy atom. The number of nitrogens with zero attached hydrogens (tertiary/aromatic N) is 1. The lowest BCUT2D eigenvalue weighted by atomic mass is 10.2. The molecule has 0 saturated heterocycles. The molecular formula is C13H14BrN3O2. The SMILES string of the molecule is Cc1cnc(C(C)NC(=O)c2ccc(N)c(Br)c2)o1. The van der Waals surface area contributed by atoms with Crippen molar-refractivity contribution >= 4 is 27.5 Å². The van der Waals surface area contributed by atoms with Crippen molar-refractivity contribution in [3.05, 3.63) is 46.1 Å². The van der Waals surface area contributed by atoms with Gasteiger partial charge in [0, 0.05) is 15.7 Å². The van der Waals surface area contributed by atoms with E-state index >= 15 is 0 Å². The Hall–Kier alpha value is -1.82. The summed E-state index contributed by atoms with van der Waals surface area (Å²) in [6, 6.07) is 4.73. The average molecular weight is 324 g/mol. The molecule has 6 heteroatoms. The van der Waals surface area contributed by atoms with Crippen LogP contribution >= 0.6 is 15.9 Å². The molecule has 5 nitrogen and oxygen atoms in total. The second-order valence-corrected chi connectivity index (χ2v) is 5.09. The third-order valence-corrected chi connectivity index (χ3v) is 3.31. The fourth-order valence-electron chi connectivity index (χ4n) is 1.58. The van der Waals surface area contributed by atoms with Gasteiger partial charge in [-0.2, -0.15) is 0 Å². The van der Waals surface area contributed by atoms with Crippen LogP contribution in [0.25, 0.3) is 0 Å². The monoisotopic (exact) mass is 323 g/mol. The van der Waals surface area contributed by atoms with Crippen LogP contribution in [0.3, 0.4) is 0 Å². The van der Waals surface area contributed by atoms with E-state index in [0.717, 1.165) is 0 Å². The van der Waals surface area contributed by atoms with Gasteiger partial charge in [-0.05, 0) is 48.0 Å². The lowest BCUT2D eigenvalue weighted by molar-refractivity contribution is 0.0934. The highest BCUT2D eigenvalue weighted by atomic mass is 79.9. The topological polar surface area (TPSA) is 81.2 Å². The number of oxazole rings is 1. The van der Waals surface area contributed by atoms with Crippen LogP contribution in [0.15, 0.2) is 33.3 Å². The van der Waals surface area contributed by atoms with Crippen LogP contribution < -0.4 is 11.1 Å². The minimum atomic E-state index is -0.294. The molecule has 0 aliphatic rings. The number of rotatable bonds is 3. The number of aromatic nitrogens is 1. The number of carbonyl (C=O) groups excluding carboxylic acids is 1. The Labute approximate surface area is 119 Å². The van der Waals surface area contributed by atoms with Gasteiger partial charge in [-0.1, -0.05) is 0 Å². The summed E-state index contributed by atoms with van der Waals surface area (Å²) in [5.74, 6) is 0.996. The molecule has 2 aromatic rings. The van der Waals surface area contributed by atoms with E-state index in [1.54, 1.807) is 24.4 Å². The number of halogens is 1. The molecule has 100 valence electrons. The molecule has 1 unspecified atom stereocenters. The molecule has 1 aromatic heterocycles. The standard InChI is InChI=1S/C13H14BrN3O2/c1-7-6-16-13(19-7)8(2)17-12(18)9-3-4-11(15)10(14)5-9/h3-6,8H,15H2,1-2H3,(H,17,18). The summed E-state index contributed by atoms with van der Waals surface area (Å²) in [5, 5.41) is 2.82. The van der Waals surface area contributed by atoms with Gasteiger partial charge >= 0.3 is 0 Å². The number of hydrogen-bond donors (Lipinski definition) is 2. The second kappa shape index (κ2) is 5.44. The van der Waals surface area contributed by atoms with Crippen molar-refractivity contribution in [2.45, 2.75) is 19.9 Å². The Balaban J connectivity index is 2.10. The van der Waals surface area contributed by atoms with Gasteiger partial charge < -0.3 is 15.5 Å². The normalized spacial score (nSPS) is 12.2. The fourth-order valence-corrected chi connectivity index (χ4v) is 1.96. The maximum absolute atomic E-state index is 12.1. The first-order valence-corrected chi connectivity index (χ1v) is 6.55. The Bertz CT molecular complexity index is 610. The quantitative estimate of drug-likeness (QED) is 0.851. The van der Waals surface area contributed by atoms with Gasteiger partial charge in [0.05, 0.1) is 6.20 Å². The van der Waals surface area contributed by atoms with E-state index < -0.39 is 0 Å². The Morgan fingerprint density at radius 3 is 2.84 bits per heavy atom. The van der Waals surface area contributed by atoms with Crippen molar-refractivity contribution in [1.29, 1.82) is 0 Å². The van der Waals surface area contributed by atoms with Crippen molar-refractivity contribution in [3.63, 3.8) is 0 Å². The smallest absolute Gasteiger partial charge is 0.251 e. The van der Waals surface area contributed by atoms with E-state index in [-0.39, 0.29) is 11.9 Å². The van der Waals surface area contributed by atoms with E-state index in [2.05, 4.69) is 26.2 Å². The number of nitrogens with one attached hydrogen (secondary N) is 1. The molecule has 19 heavy (non-hydrogen) atoms. The minimum absolute atomic E-state index is 0.205. The van der Waals surface area contributed by atoms with Crippen molar-refractivity contribution in [2.75, 3.05) is 5.73 Å². The van der Waals surface area contributed by atoms with Crippen molar-refractivity contribution in [2.24, 2.45) is 0 Å². The van der Waals surface area contributed by atoms with Crippen LogP contribution in [0.1, 0.15) is 35.0 Å². The highest BCUT2D eigenvalue weighted by molar-refractivity contribution is 9.10. The number of nitrogens with two attached hydrogens (primary N) is 1. The molecule has 1 aromatic carbocycles. The molecule has 0 bridgehead atoms. The maximum Gasteiger partial charge on any atom is 0.251 e. The third kappa shape index (κ3) is 3.14. The summed E-state index contributed by atoms with van der Waals surface area (Å²) in [4.78, 5) is 16.1. The molecule has 2 rings (SSSR count). The van der Waals surface area contributed by atoms with E-state index in [0.29, 0.717) is 27.4 Å². The first kappa shape index (κ1) is 13.6. The van der Waals surface area contributed by atoms with E-state index in [1.165, 1.54) is 0 Å². The molecule has 0 aliphatic heterocycles. The van der Waals surface area contributed by atoms with Gasteiger partial charge in [0.15, 0.2) is 0 Å². The summed E-state index contributed by atoms with van der Waals surface area (Å²) < 4.78 is 6.06. The van der Waals surface area contributed by atoms with E-state index in [9.17, 15) is 4.79 Å². The number of amides is 1. The Kier molecular flexibility index (Phi) is 3.90. The predicted molar refractivity (Wildman–Crippen MR) is 75.7 cm³/mol. The van der Waals surface area contributed by atoms with Gasteiger partial charge in [-0.25, -0.2) is 4.98 Å².